The van der Waals surface area contributed by atoms with Crippen molar-refractivity contribution in [1.29, 1.82) is 0 Å². The van der Waals surface area contributed by atoms with Crippen LogP contribution in [0.5, 0.6) is 5.75 Å². The van der Waals surface area contributed by atoms with Gasteiger partial charge in [-0.2, -0.15) is 0 Å². The van der Waals surface area contributed by atoms with Gasteiger partial charge in [0.05, 0.1) is 0 Å². The molecule has 0 spiro atoms. The van der Waals surface area contributed by atoms with E-state index in [0.717, 1.165) is 27.6 Å². The molecule has 1 heterocycles. The molecule has 0 aliphatic heterocycles. The average Bonchev–Trinajstić information content (AvgIpc) is 2.99. The van der Waals surface area contributed by atoms with Crippen LogP contribution in [0.3, 0.4) is 0 Å². The first-order chi connectivity index (χ1) is 20.0. The van der Waals surface area contributed by atoms with Crippen LogP contribution in [0.15, 0.2) is 118 Å². The molecule has 0 bridgehead atoms. The van der Waals surface area contributed by atoms with Crippen LogP contribution in [0, 0.1) is 6.92 Å². The minimum atomic E-state index is -1.02. The Morgan fingerprint density at radius 2 is 1.41 bits per heavy atom. The molecule has 0 radical (unpaired) electrons. The first-order valence-electron chi connectivity index (χ1n) is 13.3. The van der Waals surface area contributed by atoms with Crippen LogP contribution < -0.4 is 15.7 Å². The molecule has 0 saturated carbocycles. The number of aryl methyl sites for hydroxylation is 1. The van der Waals surface area contributed by atoms with Crippen molar-refractivity contribution in [3.8, 4) is 5.75 Å². The van der Waals surface area contributed by atoms with Gasteiger partial charge in [0.15, 0.2) is 0 Å². The highest BCUT2D eigenvalue weighted by atomic mass is 16.6. The molecule has 0 unspecified atom stereocenters. The molecule has 1 atom stereocenters. The number of nitrogens with one attached hydrogen (secondary N) is 1. The maximum Gasteiger partial charge on any atom is 0.408 e. The van der Waals surface area contributed by atoms with Gasteiger partial charge in [-0.1, -0.05) is 91.0 Å². The summed E-state index contributed by atoms with van der Waals surface area (Å²) in [6.07, 6.45) is -0.0857. The van der Waals surface area contributed by atoms with E-state index in [4.69, 9.17) is 13.9 Å². The van der Waals surface area contributed by atoms with E-state index < -0.39 is 23.7 Å². The third-order valence-corrected chi connectivity index (χ3v) is 6.77. The molecule has 1 aromatic heterocycles. The fourth-order valence-corrected chi connectivity index (χ4v) is 4.58. The quantitative estimate of drug-likeness (QED) is 0.135. The summed E-state index contributed by atoms with van der Waals surface area (Å²) in [5.74, 6) is -0.483. The lowest BCUT2D eigenvalue weighted by Gasteiger charge is -2.18. The van der Waals surface area contributed by atoms with E-state index in [0.29, 0.717) is 17.6 Å². The summed E-state index contributed by atoms with van der Waals surface area (Å²) in [6.45, 7) is 1.94. The maximum atomic E-state index is 13.3. The molecule has 0 saturated heterocycles. The van der Waals surface area contributed by atoms with Gasteiger partial charge in [0, 0.05) is 29.9 Å². The van der Waals surface area contributed by atoms with Crippen molar-refractivity contribution in [2.24, 2.45) is 0 Å². The summed E-state index contributed by atoms with van der Waals surface area (Å²) in [7, 11) is 0. The SMILES string of the molecule is Cc1c(Cc2ccccc2)c(=O)oc2cc(OC(=O)[C@H](Cc3ccccc3)NC(=O)OCc3ccccc3)ccc12. The number of fused-ring (bicyclic) bond motifs is 1. The summed E-state index contributed by atoms with van der Waals surface area (Å²) in [4.78, 5) is 38.7. The number of hydrogen-bond donors (Lipinski definition) is 1. The Morgan fingerprint density at radius 1 is 0.805 bits per heavy atom. The molecular formula is C34H29NO6. The molecule has 0 aliphatic carbocycles. The Labute approximate surface area is 237 Å². The lowest BCUT2D eigenvalue weighted by molar-refractivity contribution is -0.136. The second-order valence-corrected chi connectivity index (χ2v) is 9.68. The zero-order chi connectivity index (χ0) is 28.6. The first kappa shape index (κ1) is 27.4. The van der Waals surface area contributed by atoms with Crippen LogP contribution in [0.25, 0.3) is 11.0 Å². The van der Waals surface area contributed by atoms with Crippen molar-refractivity contribution in [3.63, 3.8) is 0 Å². The Morgan fingerprint density at radius 3 is 2.07 bits per heavy atom. The van der Waals surface area contributed by atoms with Crippen molar-refractivity contribution < 1.29 is 23.5 Å². The first-order valence-corrected chi connectivity index (χ1v) is 13.3. The van der Waals surface area contributed by atoms with Crippen LogP contribution in [-0.4, -0.2) is 18.1 Å². The summed E-state index contributed by atoms with van der Waals surface area (Å²) < 4.78 is 16.6. The number of benzene rings is 4. The molecule has 7 heteroatoms. The highest BCUT2D eigenvalue weighted by Crippen LogP contribution is 2.25. The van der Waals surface area contributed by atoms with Crippen LogP contribution in [0.4, 0.5) is 4.79 Å². The van der Waals surface area contributed by atoms with Gasteiger partial charge in [-0.3, -0.25) is 0 Å². The van der Waals surface area contributed by atoms with Crippen LogP contribution in [-0.2, 0) is 29.0 Å². The Bertz CT molecular complexity index is 1700. The molecule has 5 rings (SSSR count). The number of hydrogen-bond acceptors (Lipinski definition) is 6. The monoisotopic (exact) mass is 547 g/mol. The molecule has 1 N–H and O–H groups in total. The number of amides is 1. The lowest BCUT2D eigenvalue weighted by Crippen LogP contribution is -2.44. The van der Waals surface area contributed by atoms with E-state index in [1.54, 1.807) is 12.1 Å². The fourth-order valence-electron chi connectivity index (χ4n) is 4.58. The zero-order valence-corrected chi connectivity index (χ0v) is 22.5. The van der Waals surface area contributed by atoms with Gasteiger partial charge < -0.3 is 19.2 Å². The van der Waals surface area contributed by atoms with Gasteiger partial charge >= 0.3 is 17.7 Å². The zero-order valence-electron chi connectivity index (χ0n) is 22.5. The average molecular weight is 548 g/mol. The summed E-state index contributed by atoms with van der Waals surface area (Å²) in [5, 5.41) is 3.38. The minimum absolute atomic E-state index is 0.0646. The number of carbonyl (C=O) groups is 2. The summed E-state index contributed by atoms with van der Waals surface area (Å²) in [5.41, 5.74) is 3.93. The van der Waals surface area contributed by atoms with Crippen molar-refractivity contribution in [1.82, 2.24) is 5.32 Å². The van der Waals surface area contributed by atoms with E-state index in [1.165, 1.54) is 6.07 Å². The molecule has 41 heavy (non-hydrogen) atoms. The minimum Gasteiger partial charge on any atom is -0.445 e. The molecule has 4 aromatic carbocycles. The van der Waals surface area contributed by atoms with Crippen LogP contribution in [0.2, 0.25) is 0 Å². The van der Waals surface area contributed by atoms with Gasteiger partial charge in [-0.25, -0.2) is 14.4 Å². The summed E-state index contributed by atoms with van der Waals surface area (Å²) in [6, 6.07) is 32.2. The number of alkyl carbamates (subject to hydrolysis) is 1. The molecule has 5 aromatic rings. The number of ether oxygens (including phenoxy) is 2. The lowest BCUT2D eigenvalue weighted by atomic mass is 10.00. The third kappa shape index (κ3) is 7.08. The predicted molar refractivity (Wildman–Crippen MR) is 156 cm³/mol. The standard InChI is InChI=1S/C34H29NO6/c1-23-28-18-17-27(21-31(28)41-32(36)29(23)19-24-11-5-2-6-12-24)40-33(37)30(20-25-13-7-3-8-14-25)35-34(38)39-22-26-15-9-4-10-16-26/h2-18,21,30H,19-20,22H2,1H3,(H,35,38)/t30-/m0/s1. The molecule has 206 valence electrons. The van der Waals surface area contributed by atoms with Crippen molar-refractivity contribution >= 4 is 23.0 Å². The maximum absolute atomic E-state index is 13.3. The van der Waals surface area contributed by atoms with E-state index in [-0.39, 0.29) is 18.8 Å². The third-order valence-electron chi connectivity index (χ3n) is 6.77. The Balaban J connectivity index is 1.33. The van der Waals surface area contributed by atoms with E-state index in [9.17, 15) is 14.4 Å². The molecule has 0 aliphatic rings. The van der Waals surface area contributed by atoms with E-state index in [2.05, 4.69) is 5.32 Å². The Hall–Kier alpha value is -5.17. The van der Waals surface area contributed by atoms with E-state index in [1.807, 2.05) is 97.9 Å². The number of esters is 1. The fraction of sp³-hybridized carbons (Fsp3) is 0.147. The topological polar surface area (TPSA) is 94.8 Å². The largest absolute Gasteiger partial charge is 0.445 e. The smallest absolute Gasteiger partial charge is 0.408 e. The van der Waals surface area contributed by atoms with Crippen molar-refractivity contribution in [2.45, 2.75) is 32.4 Å². The predicted octanol–water partition coefficient (Wildman–Crippen LogP) is 6.14. The van der Waals surface area contributed by atoms with Gasteiger partial charge in [0.25, 0.3) is 0 Å². The van der Waals surface area contributed by atoms with Gasteiger partial charge in [0.2, 0.25) is 0 Å². The highest BCUT2D eigenvalue weighted by molar-refractivity contribution is 5.86. The molecule has 1 amide bonds. The second kappa shape index (κ2) is 12.8. The highest BCUT2D eigenvalue weighted by Gasteiger charge is 2.25. The van der Waals surface area contributed by atoms with Crippen LogP contribution in [0.1, 0.15) is 27.8 Å². The van der Waals surface area contributed by atoms with Gasteiger partial charge in [0.1, 0.15) is 24.0 Å². The summed E-state index contributed by atoms with van der Waals surface area (Å²) >= 11 is 0. The van der Waals surface area contributed by atoms with Crippen LogP contribution >= 0.6 is 0 Å². The molecule has 0 fully saturated rings. The van der Waals surface area contributed by atoms with Gasteiger partial charge in [-0.05, 0) is 41.3 Å². The number of rotatable bonds is 9. The van der Waals surface area contributed by atoms with Crippen molar-refractivity contribution in [2.75, 3.05) is 0 Å². The molecule has 7 nitrogen and oxygen atoms in total. The second-order valence-electron chi connectivity index (χ2n) is 9.68. The Kier molecular flexibility index (Phi) is 8.55. The van der Waals surface area contributed by atoms with E-state index >= 15 is 0 Å². The van der Waals surface area contributed by atoms with Crippen molar-refractivity contribution in [3.05, 3.63) is 147 Å². The number of carbonyl (C=O) groups excluding carboxylic acids is 2. The molecular weight excluding hydrogens is 518 g/mol. The van der Waals surface area contributed by atoms with Gasteiger partial charge in [-0.15, -0.1) is 0 Å². The normalized spacial score (nSPS) is 11.5.